The van der Waals surface area contributed by atoms with Crippen LogP contribution in [0.15, 0.2) is 58.4 Å². The van der Waals surface area contributed by atoms with Gasteiger partial charge in [-0.05, 0) is 54.1 Å². The van der Waals surface area contributed by atoms with Gasteiger partial charge in [-0.1, -0.05) is 40.5 Å². The molecule has 28 heavy (non-hydrogen) atoms. The number of carbonyl (C=O) groups excluding carboxylic acids is 1. The van der Waals surface area contributed by atoms with E-state index in [-0.39, 0.29) is 17.9 Å². The summed E-state index contributed by atoms with van der Waals surface area (Å²) < 4.78 is 1.09. The van der Waals surface area contributed by atoms with Crippen molar-refractivity contribution < 1.29 is 4.79 Å². The molecule has 2 N–H and O–H groups in total. The lowest BCUT2D eigenvalue weighted by molar-refractivity contribution is -0.125. The zero-order valence-corrected chi connectivity index (χ0v) is 18.7. The Morgan fingerprint density at radius 2 is 1.89 bits per heavy atom. The van der Waals surface area contributed by atoms with Gasteiger partial charge in [-0.2, -0.15) is 0 Å². The van der Waals surface area contributed by atoms with E-state index >= 15 is 0 Å². The summed E-state index contributed by atoms with van der Waals surface area (Å²) in [5.41, 5.74) is 1.24. The van der Waals surface area contributed by atoms with E-state index in [1.54, 1.807) is 22.7 Å². The van der Waals surface area contributed by atoms with Gasteiger partial charge >= 0.3 is 0 Å². The second-order valence-electron chi connectivity index (χ2n) is 7.11. The molecule has 0 saturated heterocycles. The molecule has 3 nitrogen and oxygen atoms in total. The van der Waals surface area contributed by atoms with Crippen LogP contribution < -0.4 is 10.6 Å². The van der Waals surface area contributed by atoms with Crippen LogP contribution in [0.1, 0.15) is 29.7 Å². The van der Waals surface area contributed by atoms with Crippen LogP contribution in [-0.2, 0) is 17.9 Å². The third kappa shape index (κ3) is 4.92. The Balaban J connectivity index is 1.29. The maximum atomic E-state index is 12.8. The molecule has 146 valence electrons. The Labute approximate surface area is 182 Å². The molecule has 1 aromatic carbocycles. The van der Waals surface area contributed by atoms with Crippen molar-refractivity contribution in [3.05, 3.63) is 68.8 Å². The molecular weight excluding hydrogens is 452 g/mol. The summed E-state index contributed by atoms with van der Waals surface area (Å²) in [6.07, 6.45) is 3.14. The Morgan fingerprint density at radius 1 is 1.04 bits per heavy atom. The first-order valence-corrected chi connectivity index (χ1v) is 12.1. The minimum atomic E-state index is 0.0622. The standard InChI is InChI=1S/C22H23BrN2OS2/c23-16-8-6-15(7-9-16)13-24-19-4-1-3-18(19)22(26)25-14-17-10-11-21(28-17)20-5-2-12-27-20/h2,5-12,18-19,24H,1,3-4,13-14H2,(H,25,26)/t18-,19-/m0/s1. The van der Waals surface area contributed by atoms with E-state index in [0.717, 1.165) is 30.3 Å². The van der Waals surface area contributed by atoms with E-state index < -0.39 is 0 Å². The lowest BCUT2D eigenvalue weighted by atomic mass is 10.0. The second-order valence-corrected chi connectivity index (χ2v) is 10.1. The zero-order valence-electron chi connectivity index (χ0n) is 15.5. The fourth-order valence-corrected chi connectivity index (χ4v) is 5.75. The number of carbonyl (C=O) groups is 1. The van der Waals surface area contributed by atoms with Crippen molar-refractivity contribution in [1.82, 2.24) is 10.6 Å². The maximum absolute atomic E-state index is 12.8. The first kappa shape index (κ1) is 19.8. The third-order valence-corrected chi connectivity index (χ3v) is 7.88. The van der Waals surface area contributed by atoms with Crippen molar-refractivity contribution in [1.29, 1.82) is 0 Å². The van der Waals surface area contributed by atoms with E-state index in [2.05, 4.69) is 80.5 Å². The largest absolute Gasteiger partial charge is 0.351 e. The van der Waals surface area contributed by atoms with Gasteiger partial charge in [0.1, 0.15) is 0 Å². The van der Waals surface area contributed by atoms with Crippen LogP contribution >= 0.6 is 38.6 Å². The van der Waals surface area contributed by atoms with Gasteiger partial charge in [0.15, 0.2) is 0 Å². The average Bonchev–Trinajstić information content (AvgIpc) is 3.47. The van der Waals surface area contributed by atoms with Crippen LogP contribution in [0, 0.1) is 5.92 Å². The zero-order chi connectivity index (χ0) is 19.3. The molecule has 1 aliphatic carbocycles. The van der Waals surface area contributed by atoms with E-state index in [0.29, 0.717) is 6.54 Å². The summed E-state index contributed by atoms with van der Waals surface area (Å²) in [5, 5.41) is 8.86. The fourth-order valence-electron chi connectivity index (χ4n) is 3.70. The Kier molecular flexibility index (Phi) is 6.62. The Hall–Kier alpha value is -1.47. The van der Waals surface area contributed by atoms with Gasteiger partial charge in [0, 0.05) is 31.7 Å². The monoisotopic (exact) mass is 474 g/mol. The average molecular weight is 475 g/mol. The number of benzene rings is 1. The van der Waals surface area contributed by atoms with Crippen LogP contribution in [0.25, 0.3) is 9.75 Å². The molecule has 1 aliphatic rings. The van der Waals surface area contributed by atoms with Crippen molar-refractivity contribution in [2.24, 2.45) is 5.92 Å². The SMILES string of the molecule is O=C(NCc1ccc(-c2cccs2)s1)[C@H]1CCC[C@@H]1NCc1ccc(Br)cc1. The van der Waals surface area contributed by atoms with Crippen LogP contribution in [0.3, 0.4) is 0 Å². The first-order chi connectivity index (χ1) is 13.7. The Bertz CT molecular complexity index is 905. The van der Waals surface area contributed by atoms with Crippen LogP contribution in [0.5, 0.6) is 0 Å². The van der Waals surface area contributed by atoms with Crippen molar-refractivity contribution in [2.45, 2.75) is 38.4 Å². The molecule has 0 unspecified atom stereocenters. The maximum Gasteiger partial charge on any atom is 0.224 e. The number of rotatable bonds is 7. The quantitative estimate of drug-likeness (QED) is 0.453. The highest BCUT2D eigenvalue weighted by Crippen LogP contribution is 2.32. The molecule has 1 amide bonds. The molecule has 4 rings (SSSR count). The summed E-state index contributed by atoms with van der Waals surface area (Å²) in [5.74, 6) is 0.240. The summed E-state index contributed by atoms with van der Waals surface area (Å²) in [6, 6.07) is 17.1. The molecule has 0 radical (unpaired) electrons. The Morgan fingerprint density at radius 3 is 2.68 bits per heavy atom. The highest BCUT2D eigenvalue weighted by Gasteiger charge is 2.32. The van der Waals surface area contributed by atoms with Crippen molar-refractivity contribution in [3.63, 3.8) is 0 Å². The molecule has 1 saturated carbocycles. The molecule has 1 fully saturated rings. The number of nitrogens with one attached hydrogen (secondary N) is 2. The van der Waals surface area contributed by atoms with Gasteiger partial charge in [0.2, 0.25) is 5.91 Å². The molecule has 0 spiro atoms. The first-order valence-electron chi connectivity index (χ1n) is 9.57. The summed E-state index contributed by atoms with van der Waals surface area (Å²) >= 11 is 6.98. The van der Waals surface area contributed by atoms with Crippen molar-refractivity contribution in [3.8, 4) is 9.75 Å². The van der Waals surface area contributed by atoms with Crippen molar-refractivity contribution >= 4 is 44.5 Å². The molecular formula is C22H23BrN2OS2. The number of hydrogen-bond acceptors (Lipinski definition) is 4. The van der Waals surface area contributed by atoms with Gasteiger partial charge < -0.3 is 10.6 Å². The third-order valence-electron chi connectivity index (χ3n) is 5.20. The topological polar surface area (TPSA) is 41.1 Å². The minimum Gasteiger partial charge on any atom is -0.351 e. The van der Waals surface area contributed by atoms with E-state index in [1.807, 2.05) is 0 Å². The van der Waals surface area contributed by atoms with E-state index in [9.17, 15) is 4.79 Å². The number of amides is 1. The molecule has 0 aliphatic heterocycles. The van der Waals surface area contributed by atoms with Gasteiger partial charge in [-0.25, -0.2) is 0 Å². The predicted molar refractivity (Wildman–Crippen MR) is 122 cm³/mol. The van der Waals surface area contributed by atoms with Gasteiger partial charge in [0.05, 0.1) is 12.5 Å². The van der Waals surface area contributed by atoms with Gasteiger partial charge in [-0.3, -0.25) is 4.79 Å². The fraction of sp³-hybridized carbons (Fsp3) is 0.318. The number of thiophene rings is 2. The summed E-state index contributed by atoms with van der Waals surface area (Å²) in [7, 11) is 0. The molecule has 0 bridgehead atoms. The molecule has 2 heterocycles. The molecule has 2 aromatic heterocycles. The van der Waals surface area contributed by atoms with Crippen molar-refractivity contribution in [2.75, 3.05) is 0 Å². The normalized spacial score (nSPS) is 19.0. The lowest BCUT2D eigenvalue weighted by Crippen LogP contribution is -2.41. The highest BCUT2D eigenvalue weighted by atomic mass is 79.9. The number of hydrogen-bond donors (Lipinski definition) is 2. The predicted octanol–water partition coefficient (Wildman–Crippen LogP) is 5.81. The minimum absolute atomic E-state index is 0.0622. The molecule has 6 heteroatoms. The molecule has 3 aromatic rings. The van der Waals surface area contributed by atoms with Crippen LogP contribution in [0.4, 0.5) is 0 Å². The number of halogens is 1. The second kappa shape index (κ2) is 9.35. The van der Waals surface area contributed by atoms with Crippen LogP contribution in [-0.4, -0.2) is 11.9 Å². The van der Waals surface area contributed by atoms with Crippen LogP contribution in [0.2, 0.25) is 0 Å². The highest BCUT2D eigenvalue weighted by molar-refractivity contribution is 9.10. The smallest absolute Gasteiger partial charge is 0.224 e. The summed E-state index contributed by atoms with van der Waals surface area (Å²) in [4.78, 5) is 16.5. The lowest BCUT2D eigenvalue weighted by Gasteiger charge is -2.20. The van der Waals surface area contributed by atoms with Gasteiger partial charge in [0.25, 0.3) is 0 Å². The summed E-state index contributed by atoms with van der Waals surface area (Å²) in [6.45, 7) is 1.42. The molecule has 2 atom stereocenters. The van der Waals surface area contributed by atoms with Gasteiger partial charge in [-0.15, -0.1) is 22.7 Å². The van der Waals surface area contributed by atoms with E-state index in [1.165, 1.54) is 20.2 Å². The van der Waals surface area contributed by atoms with E-state index in [4.69, 9.17) is 0 Å².